The molecule has 3 heterocycles. The van der Waals surface area contributed by atoms with E-state index in [1.165, 1.54) is 0 Å². The van der Waals surface area contributed by atoms with Crippen LogP contribution in [0.25, 0.3) is 5.65 Å². The molecule has 0 radical (unpaired) electrons. The lowest BCUT2D eigenvalue weighted by Gasteiger charge is -2.09. The average molecular weight is 283 g/mol. The number of aryl methyl sites for hydroxylation is 1. The highest BCUT2D eigenvalue weighted by Crippen LogP contribution is 2.24. The van der Waals surface area contributed by atoms with Crippen LogP contribution in [0.2, 0.25) is 0 Å². The van der Waals surface area contributed by atoms with Crippen molar-refractivity contribution in [3.63, 3.8) is 0 Å². The van der Waals surface area contributed by atoms with E-state index >= 15 is 0 Å². The first-order chi connectivity index (χ1) is 10.3. The summed E-state index contributed by atoms with van der Waals surface area (Å²) in [5.41, 5.74) is 2.62. The molecule has 1 aliphatic rings. The summed E-state index contributed by atoms with van der Waals surface area (Å²) < 4.78 is 6.86. The molecule has 0 spiro atoms. The molecule has 3 aromatic heterocycles. The topological polar surface area (TPSA) is 85.3 Å². The van der Waals surface area contributed by atoms with E-state index in [0.29, 0.717) is 11.4 Å². The van der Waals surface area contributed by atoms with Crippen LogP contribution in [-0.4, -0.2) is 25.7 Å². The van der Waals surface area contributed by atoms with Gasteiger partial charge in [-0.2, -0.15) is 5.10 Å². The number of nitrogens with zero attached hydrogens (tertiary/aromatic N) is 4. The van der Waals surface area contributed by atoms with E-state index in [4.69, 9.17) is 4.52 Å². The summed E-state index contributed by atoms with van der Waals surface area (Å²) in [6.07, 6.45) is 8.82. The Kier molecular flexibility index (Phi) is 2.70. The van der Waals surface area contributed by atoms with Crippen LogP contribution in [-0.2, 0) is 12.8 Å². The van der Waals surface area contributed by atoms with E-state index in [1.807, 2.05) is 0 Å². The van der Waals surface area contributed by atoms with Gasteiger partial charge in [-0.25, -0.2) is 9.50 Å². The van der Waals surface area contributed by atoms with Crippen molar-refractivity contribution in [1.29, 1.82) is 0 Å². The number of nitrogens with one attached hydrogen (secondary N) is 1. The lowest BCUT2D eigenvalue weighted by molar-refractivity contribution is 0.101. The molecule has 0 unspecified atom stereocenters. The van der Waals surface area contributed by atoms with Gasteiger partial charge in [-0.3, -0.25) is 4.79 Å². The quantitative estimate of drug-likeness (QED) is 0.775. The zero-order valence-corrected chi connectivity index (χ0v) is 11.2. The van der Waals surface area contributed by atoms with E-state index in [0.717, 1.165) is 42.7 Å². The SMILES string of the molecule is O=C(Nc1cnc2ccnn2c1)c1noc2c1CCCC2. The van der Waals surface area contributed by atoms with Crippen LogP contribution in [0.4, 0.5) is 5.69 Å². The van der Waals surface area contributed by atoms with Gasteiger partial charge in [0.2, 0.25) is 0 Å². The van der Waals surface area contributed by atoms with Crippen LogP contribution in [0.15, 0.2) is 29.2 Å². The number of hydrogen-bond donors (Lipinski definition) is 1. The molecule has 0 saturated carbocycles. The molecule has 0 aliphatic heterocycles. The van der Waals surface area contributed by atoms with Gasteiger partial charge in [0, 0.05) is 18.1 Å². The second kappa shape index (κ2) is 4.69. The van der Waals surface area contributed by atoms with Crippen molar-refractivity contribution in [1.82, 2.24) is 19.8 Å². The molecule has 0 bridgehead atoms. The maximum absolute atomic E-state index is 12.3. The maximum atomic E-state index is 12.3. The van der Waals surface area contributed by atoms with Gasteiger partial charge in [0.25, 0.3) is 5.91 Å². The van der Waals surface area contributed by atoms with Crippen molar-refractivity contribution in [3.8, 4) is 0 Å². The molecule has 4 rings (SSSR count). The molecule has 1 N–H and O–H groups in total. The fourth-order valence-electron chi connectivity index (χ4n) is 2.63. The summed E-state index contributed by atoms with van der Waals surface area (Å²) >= 11 is 0. The predicted octanol–water partition coefficient (Wildman–Crippen LogP) is 1.85. The number of fused-ring (bicyclic) bond motifs is 2. The Bertz CT molecular complexity index is 820. The van der Waals surface area contributed by atoms with Gasteiger partial charge in [0.05, 0.1) is 24.3 Å². The Morgan fingerprint density at radius 1 is 1.33 bits per heavy atom. The Hall–Kier alpha value is -2.70. The molecule has 0 atom stereocenters. The number of hydrogen-bond acceptors (Lipinski definition) is 5. The molecular weight excluding hydrogens is 270 g/mol. The lowest BCUT2D eigenvalue weighted by Crippen LogP contribution is -2.16. The highest BCUT2D eigenvalue weighted by atomic mass is 16.5. The third-order valence-corrected chi connectivity index (χ3v) is 3.67. The van der Waals surface area contributed by atoms with Gasteiger partial charge >= 0.3 is 0 Å². The number of rotatable bonds is 2. The molecule has 0 aromatic carbocycles. The Morgan fingerprint density at radius 2 is 2.24 bits per heavy atom. The van der Waals surface area contributed by atoms with Crippen molar-refractivity contribution < 1.29 is 9.32 Å². The van der Waals surface area contributed by atoms with Crippen molar-refractivity contribution >= 4 is 17.2 Å². The highest BCUT2D eigenvalue weighted by Gasteiger charge is 2.24. The number of carbonyl (C=O) groups excluding carboxylic acids is 1. The summed E-state index contributed by atoms with van der Waals surface area (Å²) in [6.45, 7) is 0. The van der Waals surface area contributed by atoms with Gasteiger partial charge in [-0.15, -0.1) is 0 Å². The number of amides is 1. The standard InChI is InChI=1S/C14H13N5O2/c20-14(13-10-3-1-2-4-11(10)21-18-13)17-9-7-15-12-5-6-16-19(12)8-9/h5-8H,1-4H2,(H,17,20). The summed E-state index contributed by atoms with van der Waals surface area (Å²) in [6, 6.07) is 1.79. The van der Waals surface area contributed by atoms with Crippen LogP contribution >= 0.6 is 0 Å². The fraction of sp³-hybridized carbons (Fsp3) is 0.286. The van der Waals surface area contributed by atoms with E-state index in [1.54, 1.807) is 29.2 Å². The lowest BCUT2D eigenvalue weighted by atomic mass is 9.96. The summed E-state index contributed by atoms with van der Waals surface area (Å²) in [5.74, 6) is 0.572. The average Bonchev–Trinajstić information content (AvgIpc) is 3.13. The van der Waals surface area contributed by atoms with Crippen LogP contribution < -0.4 is 5.32 Å². The number of aromatic nitrogens is 4. The second-order valence-electron chi connectivity index (χ2n) is 5.07. The van der Waals surface area contributed by atoms with Crippen LogP contribution in [0, 0.1) is 0 Å². The zero-order valence-electron chi connectivity index (χ0n) is 11.2. The van der Waals surface area contributed by atoms with Gasteiger partial charge in [-0.1, -0.05) is 5.16 Å². The van der Waals surface area contributed by atoms with Crippen LogP contribution in [0.3, 0.4) is 0 Å². The minimum atomic E-state index is -0.268. The Labute approximate surface area is 120 Å². The molecule has 1 aliphatic carbocycles. The molecule has 1 amide bonds. The monoisotopic (exact) mass is 283 g/mol. The Balaban J connectivity index is 1.61. The molecule has 106 valence electrons. The summed E-state index contributed by atoms with van der Waals surface area (Å²) in [7, 11) is 0. The second-order valence-corrected chi connectivity index (χ2v) is 5.07. The van der Waals surface area contributed by atoms with Crippen molar-refractivity contribution in [2.45, 2.75) is 25.7 Å². The van der Waals surface area contributed by atoms with Crippen molar-refractivity contribution in [2.75, 3.05) is 5.32 Å². The van der Waals surface area contributed by atoms with Crippen LogP contribution in [0.5, 0.6) is 0 Å². The molecule has 7 heteroatoms. The normalized spacial score (nSPS) is 14.1. The summed E-state index contributed by atoms with van der Waals surface area (Å²) in [4.78, 5) is 16.5. The molecule has 0 fully saturated rings. The minimum Gasteiger partial charge on any atom is -0.360 e. The van der Waals surface area contributed by atoms with E-state index < -0.39 is 0 Å². The van der Waals surface area contributed by atoms with E-state index in [2.05, 4.69) is 20.6 Å². The first-order valence-electron chi connectivity index (χ1n) is 6.89. The molecular formula is C14H13N5O2. The maximum Gasteiger partial charge on any atom is 0.278 e. The first-order valence-corrected chi connectivity index (χ1v) is 6.89. The van der Waals surface area contributed by atoms with E-state index in [9.17, 15) is 4.79 Å². The smallest absolute Gasteiger partial charge is 0.278 e. The zero-order chi connectivity index (χ0) is 14.2. The van der Waals surface area contributed by atoms with Gasteiger partial charge in [-0.05, 0) is 19.3 Å². The van der Waals surface area contributed by atoms with Gasteiger partial charge in [0.1, 0.15) is 5.76 Å². The fourth-order valence-corrected chi connectivity index (χ4v) is 2.63. The van der Waals surface area contributed by atoms with Gasteiger partial charge in [0.15, 0.2) is 11.3 Å². The molecule has 3 aromatic rings. The summed E-state index contributed by atoms with van der Waals surface area (Å²) in [5, 5.41) is 10.8. The van der Waals surface area contributed by atoms with Gasteiger partial charge < -0.3 is 9.84 Å². The number of anilines is 1. The molecule has 21 heavy (non-hydrogen) atoms. The predicted molar refractivity (Wildman–Crippen MR) is 74.1 cm³/mol. The largest absolute Gasteiger partial charge is 0.360 e. The molecule has 7 nitrogen and oxygen atoms in total. The van der Waals surface area contributed by atoms with E-state index in [-0.39, 0.29) is 5.91 Å². The first kappa shape index (κ1) is 12.1. The molecule has 0 saturated heterocycles. The van der Waals surface area contributed by atoms with Crippen molar-refractivity contribution in [3.05, 3.63) is 41.7 Å². The highest BCUT2D eigenvalue weighted by molar-refractivity contribution is 6.03. The van der Waals surface area contributed by atoms with Crippen molar-refractivity contribution in [2.24, 2.45) is 0 Å². The third-order valence-electron chi connectivity index (χ3n) is 3.67. The Morgan fingerprint density at radius 3 is 3.19 bits per heavy atom. The van der Waals surface area contributed by atoms with Crippen LogP contribution in [0.1, 0.15) is 34.7 Å². The minimum absolute atomic E-state index is 0.268. The number of carbonyl (C=O) groups is 1. The third kappa shape index (κ3) is 2.06.